The van der Waals surface area contributed by atoms with Crippen LogP contribution in [-0.2, 0) is 22.4 Å². The van der Waals surface area contributed by atoms with Gasteiger partial charge in [-0.2, -0.15) is 4.98 Å². The van der Waals surface area contributed by atoms with Crippen LogP contribution in [-0.4, -0.2) is 65.0 Å². The molecule has 0 saturated heterocycles. The molecular formula is C23H30ClN5O5. The van der Waals surface area contributed by atoms with Gasteiger partial charge in [0.1, 0.15) is 12.4 Å². The molecule has 0 spiro atoms. The molecule has 11 heteroatoms. The molecule has 3 rings (SSSR count). The molecule has 10 nitrogen and oxygen atoms in total. The van der Waals surface area contributed by atoms with Crippen LogP contribution in [0.3, 0.4) is 0 Å². The van der Waals surface area contributed by atoms with Crippen LogP contribution in [0.25, 0.3) is 0 Å². The predicted octanol–water partition coefficient (Wildman–Crippen LogP) is 2.15. The van der Waals surface area contributed by atoms with Gasteiger partial charge in [0.05, 0.1) is 18.2 Å². The summed E-state index contributed by atoms with van der Waals surface area (Å²) >= 11 is 6.06. The van der Waals surface area contributed by atoms with E-state index in [9.17, 15) is 14.4 Å². The van der Waals surface area contributed by atoms with E-state index >= 15 is 0 Å². The monoisotopic (exact) mass is 491 g/mol. The minimum absolute atomic E-state index is 0.0637. The van der Waals surface area contributed by atoms with Crippen molar-refractivity contribution in [1.29, 1.82) is 0 Å². The van der Waals surface area contributed by atoms with Crippen molar-refractivity contribution in [3.63, 3.8) is 0 Å². The van der Waals surface area contributed by atoms with Crippen molar-refractivity contribution in [3.05, 3.63) is 40.5 Å². The molecule has 2 heterocycles. The van der Waals surface area contributed by atoms with Crippen LogP contribution in [0, 0.1) is 0 Å². The molecule has 0 bridgehead atoms. The number of hydrogen-bond acceptors (Lipinski definition) is 7. The lowest BCUT2D eigenvalue weighted by Gasteiger charge is -2.23. The van der Waals surface area contributed by atoms with E-state index < -0.39 is 0 Å². The fourth-order valence-electron chi connectivity index (χ4n) is 3.48. The molecule has 0 aliphatic carbocycles. The second-order valence-corrected chi connectivity index (χ2v) is 8.59. The summed E-state index contributed by atoms with van der Waals surface area (Å²) in [5, 5.41) is 9.97. The fraction of sp³-hybridized carbons (Fsp3) is 0.522. The Morgan fingerprint density at radius 1 is 1.29 bits per heavy atom. The summed E-state index contributed by atoms with van der Waals surface area (Å²) in [4.78, 5) is 43.9. The molecule has 184 valence electrons. The number of aryl methyl sites for hydroxylation is 2. The van der Waals surface area contributed by atoms with Crippen LogP contribution in [0.2, 0.25) is 5.02 Å². The Bertz CT molecular complexity index is 1010. The van der Waals surface area contributed by atoms with E-state index in [1.165, 1.54) is 4.90 Å². The van der Waals surface area contributed by atoms with Gasteiger partial charge in [-0.3, -0.25) is 14.4 Å². The molecular weight excluding hydrogens is 462 g/mol. The molecule has 1 atom stereocenters. The van der Waals surface area contributed by atoms with Gasteiger partial charge in [0.2, 0.25) is 17.7 Å². The van der Waals surface area contributed by atoms with Crippen LogP contribution in [0.1, 0.15) is 55.2 Å². The first-order valence-corrected chi connectivity index (χ1v) is 11.8. The average Bonchev–Trinajstić information content (AvgIpc) is 3.28. The van der Waals surface area contributed by atoms with Crippen molar-refractivity contribution in [2.45, 2.75) is 52.0 Å². The molecule has 1 aromatic heterocycles. The van der Waals surface area contributed by atoms with Crippen molar-refractivity contribution in [1.82, 2.24) is 25.7 Å². The quantitative estimate of drug-likeness (QED) is 0.670. The smallest absolute Gasteiger partial charge is 0.255 e. The van der Waals surface area contributed by atoms with Crippen molar-refractivity contribution < 1.29 is 23.6 Å². The van der Waals surface area contributed by atoms with Crippen molar-refractivity contribution in [2.24, 2.45) is 0 Å². The first-order chi connectivity index (χ1) is 16.4. The lowest BCUT2D eigenvalue weighted by Crippen LogP contribution is -2.45. The highest BCUT2D eigenvalue weighted by Crippen LogP contribution is 2.23. The molecule has 1 aromatic carbocycles. The van der Waals surface area contributed by atoms with Gasteiger partial charge >= 0.3 is 0 Å². The minimum atomic E-state index is -0.341. The van der Waals surface area contributed by atoms with E-state index in [1.54, 1.807) is 25.1 Å². The molecule has 2 N–H and O–H groups in total. The molecule has 3 amide bonds. The zero-order valence-electron chi connectivity index (χ0n) is 19.4. The zero-order chi connectivity index (χ0) is 24.5. The number of amides is 3. The third-order valence-corrected chi connectivity index (χ3v) is 5.52. The summed E-state index contributed by atoms with van der Waals surface area (Å²) in [5.74, 6) is 0.645. The van der Waals surface area contributed by atoms with E-state index in [-0.39, 0.29) is 43.3 Å². The first-order valence-electron chi connectivity index (χ1n) is 11.4. The van der Waals surface area contributed by atoms with Crippen molar-refractivity contribution >= 4 is 29.3 Å². The Hall–Kier alpha value is -3.14. The van der Waals surface area contributed by atoms with Crippen molar-refractivity contribution in [2.75, 3.05) is 26.2 Å². The first kappa shape index (κ1) is 25.5. The van der Waals surface area contributed by atoms with Gasteiger partial charge < -0.3 is 24.8 Å². The Morgan fingerprint density at radius 2 is 2.12 bits per heavy atom. The largest absolute Gasteiger partial charge is 0.491 e. The summed E-state index contributed by atoms with van der Waals surface area (Å²) in [7, 11) is 0. The minimum Gasteiger partial charge on any atom is -0.491 e. The SMILES string of the molecule is CCc1noc(CCC(=O)N2CCCCNC(=O)c3cc(Cl)ccc3OC[C@H](C)NC(=O)C2)n1. The van der Waals surface area contributed by atoms with Gasteiger partial charge in [-0.25, -0.2) is 0 Å². The van der Waals surface area contributed by atoms with Crippen LogP contribution in [0.15, 0.2) is 22.7 Å². The average molecular weight is 492 g/mol. The Kier molecular flexibility index (Phi) is 9.26. The van der Waals surface area contributed by atoms with Gasteiger partial charge in [-0.15, -0.1) is 0 Å². The number of benzene rings is 1. The van der Waals surface area contributed by atoms with E-state index in [1.807, 2.05) is 6.92 Å². The number of nitrogens with one attached hydrogen (secondary N) is 2. The van der Waals surface area contributed by atoms with Gasteiger partial charge in [0, 0.05) is 37.4 Å². The van der Waals surface area contributed by atoms with Crippen LogP contribution in [0.5, 0.6) is 5.75 Å². The molecule has 1 aliphatic rings. The van der Waals surface area contributed by atoms with Crippen LogP contribution < -0.4 is 15.4 Å². The number of fused-ring (bicyclic) bond motifs is 1. The molecule has 2 aromatic rings. The maximum Gasteiger partial charge on any atom is 0.255 e. The van der Waals surface area contributed by atoms with Crippen LogP contribution in [0.4, 0.5) is 0 Å². The summed E-state index contributed by atoms with van der Waals surface area (Å²) in [6, 6.07) is 4.50. The third kappa shape index (κ3) is 7.44. The van der Waals surface area contributed by atoms with E-state index in [0.717, 1.165) is 0 Å². The highest BCUT2D eigenvalue weighted by atomic mass is 35.5. The Balaban J connectivity index is 1.65. The highest BCUT2D eigenvalue weighted by Gasteiger charge is 2.21. The number of aromatic nitrogens is 2. The Morgan fingerprint density at radius 3 is 2.88 bits per heavy atom. The van der Waals surface area contributed by atoms with Gasteiger partial charge in [-0.1, -0.05) is 23.7 Å². The fourth-order valence-corrected chi connectivity index (χ4v) is 3.65. The molecule has 0 radical (unpaired) electrons. The number of carbonyl (C=O) groups is 3. The molecule has 34 heavy (non-hydrogen) atoms. The van der Waals surface area contributed by atoms with E-state index in [4.69, 9.17) is 20.9 Å². The summed E-state index contributed by atoms with van der Waals surface area (Å²) in [5.41, 5.74) is 0.338. The van der Waals surface area contributed by atoms with E-state index in [2.05, 4.69) is 20.8 Å². The lowest BCUT2D eigenvalue weighted by atomic mass is 10.1. The van der Waals surface area contributed by atoms with Gasteiger partial charge in [0.15, 0.2) is 5.82 Å². The number of halogens is 1. The zero-order valence-corrected chi connectivity index (χ0v) is 20.2. The number of rotatable bonds is 4. The third-order valence-electron chi connectivity index (χ3n) is 5.29. The number of hydrogen-bond donors (Lipinski definition) is 2. The predicted molar refractivity (Wildman–Crippen MR) is 125 cm³/mol. The summed E-state index contributed by atoms with van der Waals surface area (Å²) in [6.45, 7) is 4.60. The molecule has 0 fully saturated rings. The van der Waals surface area contributed by atoms with Gasteiger partial charge in [0.25, 0.3) is 5.91 Å². The number of ether oxygens (including phenoxy) is 1. The second-order valence-electron chi connectivity index (χ2n) is 8.16. The van der Waals surface area contributed by atoms with E-state index in [0.29, 0.717) is 66.8 Å². The van der Waals surface area contributed by atoms with Gasteiger partial charge in [-0.05, 0) is 38.0 Å². The topological polar surface area (TPSA) is 127 Å². The normalized spacial score (nSPS) is 18.1. The second kappa shape index (κ2) is 12.4. The van der Waals surface area contributed by atoms with Crippen LogP contribution >= 0.6 is 11.6 Å². The standard InChI is InChI=1S/C23H30ClN5O5/c1-3-19-27-21(34-28-19)8-9-22(31)29-11-5-4-10-25-23(32)17-12-16(24)6-7-18(17)33-14-15(2)26-20(30)13-29/h6-7,12,15H,3-5,8-11,13-14H2,1-2H3,(H,25,32)(H,26,30)/t15-/m0/s1. The number of carbonyl (C=O) groups excluding carboxylic acids is 3. The maximum atomic E-state index is 12.9. The summed E-state index contributed by atoms with van der Waals surface area (Å²) in [6.07, 6.45) is 2.37. The molecule has 0 unspecified atom stereocenters. The molecule has 0 saturated carbocycles. The lowest BCUT2D eigenvalue weighted by molar-refractivity contribution is -0.136. The highest BCUT2D eigenvalue weighted by molar-refractivity contribution is 6.31. The summed E-state index contributed by atoms with van der Waals surface area (Å²) < 4.78 is 10.9. The maximum absolute atomic E-state index is 12.9. The van der Waals surface area contributed by atoms with Crippen molar-refractivity contribution in [3.8, 4) is 5.75 Å². The molecule has 1 aliphatic heterocycles. The Labute approximate surface area is 203 Å². The number of nitrogens with zero attached hydrogens (tertiary/aromatic N) is 3.